The Kier molecular flexibility index (Phi) is 4.10. The molecule has 2 rings (SSSR count). The van der Waals surface area contributed by atoms with Gasteiger partial charge < -0.3 is 0 Å². The van der Waals surface area contributed by atoms with Crippen molar-refractivity contribution in [1.29, 1.82) is 0 Å². The lowest BCUT2D eigenvalue weighted by Gasteiger charge is -2.05. The number of halogens is 1. The van der Waals surface area contributed by atoms with E-state index < -0.39 is 10.0 Å². The third-order valence-electron chi connectivity index (χ3n) is 2.23. The highest BCUT2D eigenvalue weighted by Crippen LogP contribution is 2.15. The largest absolute Gasteiger partial charge is 0.263 e. The molecule has 1 aromatic carbocycles. The van der Waals surface area contributed by atoms with Crippen LogP contribution < -0.4 is 4.72 Å². The molecule has 0 spiro atoms. The molecule has 0 saturated carbocycles. The molecule has 0 bridgehead atoms. The van der Waals surface area contributed by atoms with Crippen LogP contribution in [0.25, 0.3) is 0 Å². The average molecular weight is 331 g/mol. The van der Waals surface area contributed by atoms with Gasteiger partial charge in [-0.05, 0) is 18.2 Å². The normalized spacial score (nSPS) is 11.6. The van der Waals surface area contributed by atoms with Crippen LogP contribution in [0.5, 0.6) is 0 Å². The molecule has 0 fully saturated rings. The van der Waals surface area contributed by atoms with Crippen molar-refractivity contribution in [3.63, 3.8) is 0 Å². The highest BCUT2D eigenvalue weighted by Gasteiger charge is 2.13. The molecule has 0 unspecified atom stereocenters. The predicted molar refractivity (Wildman–Crippen MR) is 69.4 cm³/mol. The number of aromatic amines is 1. The summed E-state index contributed by atoms with van der Waals surface area (Å²) >= 11 is 3.24. The highest BCUT2D eigenvalue weighted by atomic mass is 79.9. The minimum Gasteiger partial charge on any atom is -0.263 e. The molecule has 0 radical (unpaired) electrons. The summed E-state index contributed by atoms with van der Waals surface area (Å²) in [5, 5.41) is 6.36. The summed E-state index contributed by atoms with van der Waals surface area (Å²) in [6.07, 6.45) is 1.85. The van der Waals surface area contributed by atoms with E-state index in [1.54, 1.807) is 24.3 Å². The van der Waals surface area contributed by atoms with Crippen molar-refractivity contribution in [2.45, 2.75) is 11.3 Å². The number of hydrogen-bond donors (Lipinski definition) is 2. The van der Waals surface area contributed by atoms with Crippen LogP contribution in [0, 0.1) is 0 Å². The SMILES string of the molecule is O=S(=O)(NCCc1ncn[nH]1)c1cccc(Br)c1. The fourth-order valence-electron chi connectivity index (χ4n) is 1.37. The third kappa shape index (κ3) is 3.37. The van der Waals surface area contributed by atoms with E-state index in [1.807, 2.05) is 0 Å². The number of nitrogens with one attached hydrogen (secondary N) is 2. The molecule has 1 heterocycles. The minimum atomic E-state index is -3.48. The van der Waals surface area contributed by atoms with E-state index in [9.17, 15) is 8.42 Å². The van der Waals surface area contributed by atoms with E-state index in [4.69, 9.17) is 0 Å². The number of H-pyrrole nitrogens is 1. The third-order valence-corrected chi connectivity index (χ3v) is 4.18. The Hall–Kier alpha value is -1.25. The molecule has 0 atom stereocenters. The molecule has 1 aromatic heterocycles. The van der Waals surface area contributed by atoms with Crippen LogP contribution in [-0.4, -0.2) is 30.1 Å². The second-order valence-corrected chi connectivity index (χ2v) is 6.22. The summed E-state index contributed by atoms with van der Waals surface area (Å²) in [7, 11) is -3.48. The van der Waals surface area contributed by atoms with E-state index in [-0.39, 0.29) is 11.4 Å². The Morgan fingerprint density at radius 3 is 2.89 bits per heavy atom. The number of aromatic nitrogens is 3. The van der Waals surface area contributed by atoms with Crippen LogP contribution in [0.3, 0.4) is 0 Å². The molecule has 2 aromatic rings. The number of sulfonamides is 1. The Morgan fingerprint density at radius 1 is 1.39 bits per heavy atom. The Labute approximate surface area is 113 Å². The molecular weight excluding hydrogens is 320 g/mol. The minimum absolute atomic E-state index is 0.231. The van der Waals surface area contributed by atoms with Crippen molar-refractivity contribution in [2.24, 2.45) is 0 Å². The lowest BCUT2D eigenvalue weighted by atomic mass is 10.4. The zero-order chi connectivity index (χ0) is 13.0. The zero-order valence-corrected chi connectivity index (χ0v) is 11.7. The van der Waals surface area contributed by atoms with Gasteiger partial charge in [0.1, 0.15) is 12.2 Å². The van der Waals surface area contributed by atoms with Gasteiger partial charge in [0.25, 0.3) is 0 Å². The number of rotatable bonds is 5. The first-order valence-electron chi connectivity index (χ1n) is 5.17. The van der Waals surface area contributed by atoms with Gasteiger partial charge in [-0.2, -0.15) is 5.10 Å². The van der Waals surface area contributed by atoms with Crippen molar-refractivity contribution in [3.05, 3.63) is 40.9 Å². The summed E-state index contributed by atoms with van der Waals surface area (Å²) in [5.41, 5.74) is 0. The van der Waals surface area contributed by atoms with Gasteiger partial charge in [-0.3, -0.25) is 5.10 Å². The molecule has 6 nitrogen and oxygen atoms in total. The Morgan fingerprint density at radius 2 is 2.22 bits per heavy atom. The van der Waals surface area contributed by atoms with Gasteiger partial charge in [0, 0.05) is 17.4 Å². The standard InChI is InChI=1S/C10H11BrN4O2S/c11-8-2-1-3-9(6-8)18(16,17)14-5-4-10-12-7-13-15-10/h1-3,6-7,14H,4-5H2,(H,12,13,15). The summed E-state index contributed by atoms with van der Waals surface area (Å²) in [6.45, 7) is 0.268. The molecule has 2 N–H and O–H groups in total. The van der Waals surface area contributed by atoms with Crippen LogP contribution in [0.15, 0.2) is 40.0 Å². The number of hydrogen-bond acceptors (Lipinski definition) is 4. The summed E-state index contributed by atoms with van der Waals surface area (Å²) in [4.78, 5) is 4.14. The number of nitrogens with zero attached hydrogens (tertiary/aromatic N) is 2. The molecule has 0 saturated heterocycles. The summed E-state index contributed by atoms with van der Waals surface area (Å²) in [6, 6.07) is 6.54. The van der Waals surface area contributed by atoms with Gasteiger partial charge in [-0.25, -0.2) is 18.1 Å². The van der Waals surface area contributed by atoms with E-state index in [2.05, 4.69) is 35.8 Å². The monoisotopic (exact) mass is 330 g/mol. The van der Waals surface area contributed by atoms with Gasteiger partial charge >= 0.3 is 0 Å². The van der Waals surface area contributed by atoms with Crippen LogP contribution >= 0.6 is 15.9 Å². The molecular formula is C10H11BrN4O2S. The maximum Gasteiger partial charge on any atom is 0.240 e. The quantitative estimate of drug-likeness (QED) is 0.858. The van der Waals surface area contributed by atoms with Crippen LogP contribution in [0.2, 0.25) is 0 Å². The lowest BCUT2D eigenvalue weighted by Crippen LogP contribution is -2.26. The molecule has 18 heavy (non-hydrogen) atoms. The smallest absolute Gasteiger partial charge is 0.240 e. The van der Waals surface area contributed by atoms with E-state index >= 15 is 0 Å². The molecule has 0 aliphatic rings. The van der Waals surface area contributed by atoms with Gasteiger partial charge in [0.05, 0.1) is 4.90 Å². The first-order chi connectivity index (χ1) is 8.58. The van der Waals surface area contributed by atoms with Crippen LogP contribution in [-0.2, 0) is 16.4 Å². The molecule has 8 heteroatoms. The molecule has 96 valence electrons. The fourth-order valence-corrected chi connectivity index (χ4v) is 3.00. The van der Waals surface area contributed by atoms with Gasteiger partial charge in [-0.15, -0.1) is 0 Å². The van der Waals surface area contributed by atoms with Gasteiger partial charge in [0.15, 0.2) is 0 Å². The summed E-state index contributed by atoms with van der Waals surface area (Å²) < 4.78 is 27.1. The van der Waals surface area contributed by atoms with E-state index in [0.717, 1.165) is 4.47 Å². The highest BCUT2D eigenvalue weighted by molar-refractivity contribution is 9.10. The maximum absolute atomic E-state index is 11.9. The van der Waals surface area contributed by atoms with Crippen LogP contribution in [0.4, 0.5) is 0 Å². The zero-order valence-electron chi connectivity index (χ0n) is 9.30. The maximum atomic E-state index is 11.9. The first kappa shape index (κ1) is 13.2. The van der Waals surface area contributed by atoms with Gasteiger partial charge in [0.2, 0.25) is 10.0 Å². The second kappa shape index (κ2) is 5.59. The van der Waals surface area contributed by atoms with Crippen molar-refractivity contribution in [2.75, 3.05) is 6.54 Å². The topological polar surface area (TPSA) is 87.7 Å². The van der Waals surface area contributed by atoms with Crippen LogP contribution in [0.1, 0.15) is 5.82 Å². The Bertz CT molecular complexity index is 613. The fraction of sp³-hybridized carbons (Fsp3) is 0.200. The molecule has 0 aliphatic carbocycles. The average Bonchev–Trinajstić information content (AvgIpc) is 2.82. The summed E-state index contributed by atoms with van der Waals surface area (Å²) in [5.74, 6) is 0.645. The molecule has 0 amide bonds. The van der Waals surface area contributed by atoms with E-state index in [1.165, 1.54) is 6.33 Å². The van der Waals surface area contributed by atoms with E-state index in [0.29, 0.717) is 12.2 Å². The first-order valence-corrected chi connectivity index (χ1v) is 7.45. The lowest BCUT2D eigenvalue weighted by molar-refractivity contribution is 0.581. The van der Waals surface area contributed by atoms with Crippen molar-refractivity contribution < 1.29 is 8.42 Å². The second-order valence-electron chi connectivity index (χ2n) is 3.54. The van der Waals surface area contributed by atoms with Crippen molar-refractivity contribution in [3.8, 4) is 0 Å². The van der Waals surface area contributed by atoms with Gasteiger partial charge in [-0.1, -0.05) is 22.0 Å². The number of benzene rings is 1. The Balaban J connectivity index is 1.99. The predicted octanol–water partition coefficient (Wildman–Crippen LogP) is 1.09. The molecule has 0 aliphatic heterocycles. The van der Waals surface area contributed by atoms with Crippen molar-refractivity contribution in [1.82, 2.24) is 19.9 Å². The van der Waals surface area contributed by atoms with Crippen molar-refractivity contribution >= 4 is 26.0 Å².